The van der Waals surface area contributed by atoms with Crippen molar-refractivity contribution in [1.82, 2.24) is 30.1 Å². The zero-order chi connectivity index (χ0) is 24.5. The highest BCUT2D eigenvalue weighted by molar-refractivity contribution is 5.96. The van der Waals surface area contributed by atoms with E-state index >= 15 is 0 Å². The van der Waals surface area contributed by atoms with Gasteiger partial charge in [0.15, 0.2) is 0 Å². The Morgan fingerprint density at radius 2 is 1.92 bits per heavy atom. The van der Waals surface area contributed by atoms with Crippen molar-refractivity contribution in [2.75, 3.05) is 22.1 Å². The first-order chi connectivity index (χ1) is 17.6. The number of hydrogen-bond donors (Lipinski definition) is 3. The van der Waals surface area contributed by atoms with Crippen LogP contribution in [0, 0.1) is 5.95 Å². The molecule has 3 aromatic heterocycles. The first-order valence-electron chi connectivity index (χ1n) is 12.9. The molecule has 1 aliphatic heterocycles. The Morgan fingerprint density at radius 1 is 1.03 bits per heavy atom. The van der Waals surface area contributed by atoms with Crippen LogP contribution in [0.1, 0.15) is 74.4 Å². The number of amides is 1. The van der Waals surface area contributed by atoms with Crippen molar-refractivity contribution in [3.8, 4) is 0 Å². The molecular formula is C25H30FN9O. The number of halogens is 1. The van der Waals surface area contributed by atoms with Crippen LogP contribution < -0.4 is 15.5 Å². The van der Waals surface area contributed by atoms with E-state index < -0.39 is 12.0 Å². The Morgan fingerprint density at radius 3 is 2.75 bits per heavy atom. The molecule has 188 valence electrons. The highest BCUT2D eigenvalue weighted by atomic mass is 19.1. The van der Waals surface area contributed by atoms with Gasteiger partial charge in [0, 0.05) is 18.0 Å². The fourth-order valence-electron chi connectivity index (χ4n) is 5.60. The van der Waals surface area contributed by atoms with Crippen LogP contribution in [0.5, 0.6) is 0 Å². The van der Waals surface area contributed by atoms with Crippen LogP contribution in [0.3, 0.4) is 0 Å². The zero-order valence-electron chi connectivity index (χ0n) is 20.1. The number of aromatic amines is 1. The summed E-state index contributed by atoms with van der Waals surface area (Å²) in [5.41, 5.74) is 2.57. The number of aryl methyl sites for hydroxylation is 1. The fourth-order valence-corrected chi connectivity index (χ4v) is 5.60. The molecule has 0 bridgehead atoms. The summed E-state index contributed by atoms with van der Waals surface area (Å²) in [5.74, 6) is 2.40. The normalized spacial score (nSPS) is 19.9. The van der Waals surface area contributed by atoms with E-state index in [9.17, 15) is 9.18 Å². The van der Waals surface area contributed by atoms with Crippen LogP contribution in [0.25, 0.3) is 0 Å². The highest BCUT2D eigenvalue weighted by Crippen LogP contribution is 2.34. The number of carbonyl (C=O) groups is 1. The van der Waals surface area contributed by atoms with Crippen LogP contribution >= 0.6 is 0 Å². The lowest BCUT2D eigenvalue weighted by Gasteiger charge is -2.25. The smallest absolute Gasteiger partial charge is 0.247 e. The Bertz CT molecular complexity index is 1240. The number of carbonyl (C=O) groups excluding carboxylic acids is 1. The number of nitrogens with zero attached hydrogens (tertiary/aromatic N) is 6. The maximum atomic E-state index is 13.1. The van der Waals surface area contributed by atoms with E-state index in [-0.39, 0.29) is 5.91 Å². The van der Waals surface area contributed by atoms with E-state index in [1.54, 1.807) is 0 Å². The molecule has 0 spiro atoms. The maximum absolute atomic E-state index is 13.1. The molecule has 6 rings (SSSR count). The Hall–Kier alpha value is -3.63. The molecule has 1 saturated carbocycles. The van der Waals surface area contributed by atoms with Crippen molar-refractivity contribution in [1.29, 1.82) is 0 Å². The minimum atomic E-state index is -0.584. The molecule has 11 heteroatoms. The van der Waals surface area contributed by atoms with Gasteiger partial charge in [0.25, 0.3) is 0 Å². The first-order valence-corrected chi connectivity index (χ1v) is 12.9. The Kier molecular flexibility index (Phi) is 6.20. The minimum Gasteiger partial charge on any atom is -0.329 e. The van der Waals surface area contributed by atoms with Crippen molar-refractivity contribution in [2.24, 2.45) is 0 Å². The lowest BCUT2D eigenvalue weighted by atomic mass is 9.89. The van der Waals surface area contributed by atoms with E-state index in [4.69, 9.17) is 15.0 Å². The molecule has 0 aromatic carbocycles. The average molecular weight is 492 g/mol. The number of fused-ring (bicyclic) bond motifs is 1. The van der Waals surface area contributed by atoms with Gasteiger partial charge in [0.1, 0.15) is 17.7 Å². The summed E-state index contributed by atoms with van der Waals surface area (Å²) >= 11 is 0. The summed E-state index contributed by atoms with van der Waals surface area (Å²) in [6, 6.07) is 2.32. The van der Waals surface area contributed by atoms with Gasteiger partial charge in [-0.1, -0.05) is 19.3 Å². The van der Waals surface area contributed by atoms with Crippen LogP contribution in [-0.4, -0.2) is 48.6 Å². The summed E-state index contributed by atoms with van der Waals surface area (Å²) in [4.78, 5) is 33.1. The molecule has 36 heavy (non-hydrogen) atoms. The molecule has 2 fully saturated rings. The second-order valence-corrected chi connectivity index (χ2v) is 9.87. The van der Waals surface area contributed by atoms with Crippen molar-refractivity contribution in [2.45, 2.75) is 76.2 Å². The molecule has 3 aromatic rings. The van der Waals surface area contributed by atoms with Crippen LogP contribution in [0.2, 0.25) is 0 Å². The minimum absolute atomic E-state index is 0.175. The summed E-state index contributed by atoms with van der Waals surface area (Å²) < 4.78 is 13.1. The van der Waals surface area contributed by atoms with Gasteiger partial charge in [-0.3, -0.25) is 9.89 Å². The lowest BCUT2D eigenvalue weighted by Crippen LogP contribution is -2.40. The third kappa shape index (κ3) is 4.61. The highest BCUT2D eigenvalue weighted by Gasteiger charge is 2.34. The standard InChI is InChI=1S/C25H30FN9O/c26-20-12-11-16(14-27-20)28-23(36)19-10-5-13-35(19)25-29-18-9-4-8-17(18)22(32-25)31-24-30-21(33-34-24)15-6-2-1-3-7-15/h11-12,14-15,19H,1-10,13H2,(H,28,36)(H2,29,30,31,32,33,34)/t19-/m0/s1. The molecule has 3 N–H and O–H groups in total. The van der Waals surface area contributed by atoms with E-state index in [0.717, 1.165) is 61.4 Å². The number of rotatable bonds is 6. The van der Waals surface area contributed by atoms with Crippen molar-refractivity contribution in [3.05, 3.63) is 41.4 Å². The first kappa shape index (κ1) is 22.8. The van der Waals surface area contributed by atoms with Gasteiger partial charge in [-0.05, 0) is 57.1 Å². The topological polar surface area (TPSA) is 125 Å². The van der Waals surface area contributed by atoms with Crippen LogP contribution in [0.4, 0.5) is 27.8 Å². The van der Waals surface area contributed by atoms with Gasteiger partial charge in [0.05, 0.1) is 17.6 Å². The Labute approximate surface area is 208 Å². The summed E-state index contributed by atoms with van der Waals surface area (Å²) in [5, 5.41) is 13.7. The summed E-state index contributed by atoms with van der Waals surface area (Å²) in [7, 11) is 0. The van der Waals surface area contributed by atoms with Crippen LogP contribution in [-0.2, 0) is 17.6 Å². The predicted molar refractivity (Wildman–Crippen MR) is 133 cm³/mol. The monoisotopic (exact) mass is 491 g/mol. The fraction of sp³-hybridized carbons (Fsp3) is 0.520. The van der Waals surface area contributed by atoms with Crippen molar-refractivity contribution < 1.29 is 9.18 Å². The van der Waals surface area contributed by atoms with Crippen LogP contribution in [0.15, 0.2) is 18.3 Å². The van der Waals surface area contributed by atoms with E-state index in [1.165, 1.54) is 37.6 Å². The Balaban J connectivity index is 1.23. The van der Waals surface area contributed by atoms with Gasteiger partial charge in [-0.15, -0.1) is 5.10 Å². The maximum Gasteiger partial charge on any atom is 0.247 e. The molecule has 0 radical (unpaired) electrons. The molecular weight excluding hydrogens is 461 g/mol. The number of H-pyrrole nitrogens is 1. The lowest BCUT2D eigenvalue weighted by molar-refractivity contribution is -0.117. The second kappa shape index (κ2) is 9.79. The number of hydrogen-bond acceptors (Lipinski definition) is 8. The largest absolute Gasteiger partial charge is 0.329 e. The molecule has 1 saturated heterocycles. The number of aromatic nitrogens is 6. The molecule has 2 aliphatic carbocycles. The quantitative estimate of drug-likeness (QED) is 0.442. The molecule has 1 amide bonds. The number of nitrogens with one attached hydrogen (secondary N) is 3. The molecule has 3 aliphatic rings. The van der Waals surface area contributed by atoms with Gasteiger partial charge in [-0.25, -0.2) is 9.97 Å². The van der Waals surface area contributed by atoms with E-state index in [1.807, 2.05) is 4.90 Å². The van der Waals surface area contributed by atoms with Gasteiger partial charge >= 0.3 is 0 Å². The van der Waals surface area contributed by atoms with E-state index in [2.05, 4.69) is 25.8 Å². The SMILES string of the molecule is O=C(Nc1ccc(F)nc1)[C@@H]1CCCN1c1nc2c(c(Nc3n[nH]c(C4CCCCC4)n3)n1)CCC2. The second-order valence-electron chi connectivity index (χ2n) is 9.87. The van der Waals surface area contributed by atoms with Gasteiger partial charge < -0.3 is 15.5 Å². The van der Waals surface area contributed by atoms with E-state index in [0.29, 0.717) is 36.5 Å². The molecule has 10 nitrogen and oxygen atoms in total. The number of pyridine rings is 1. The summed E-state index contributed by atoms with van der Waals surface area (Å²) in [6.45, 7) is 0.685. The van der Waals surface area contributed by atoms with Gasteiger partial charge in [0.2, 0.25) is 23.8 Å². The molecule has 1 atom stereocenters. The van der Waals surface area contributed by atoms with Gasteiger partial charge in [-0.2, -0.15) is 14.4 Å². The average Bonchev–Trinajstić information content (AvgIpc) is 3.66. The predicted octanol–water partition coefficient (Wildman–Crippen LogP) is 4.02. The third-order valence-corrected chi connectivity index (χ3v) is 7.45. The van der Waals surface area contributed by atoms with Crippen molar-refractivity contribution >= 4 is 29.3 Å². The zero-order valence-corrected chi connectivity index (χ0v) is 20.1. The van der Waals surface area contributed by atoms with Crippen molar-refractivity contribution in [3.63, 3.8) is 0 Å². The summed E-state index contributed by atoms with van der Waals surface area (Å²) in [6.07, 6.45) is 11.7. The number of anilines is 4. The third-order valence-electron chi connectivity index (χ3n) is 7.45. The molecule has 0 unspecified atom stereocenters. The molecule has 4 heterocycles.